The number of nitrogens with one attached hydrogen (secondary N) is 3. The van der Waals surface area contributed by atoms with E-state index in [1.165, 1.54) is 13.1 Å². The lowest BCUT2D eigenvalue weighted by Crippen LogP contribution is -2.63. The van der Waals surface area contributed by atoms with Crippen molar-refractivity contribution in [3.05, 3.63) is 50.4 Å². The van der Waals surface area contributed by atoms with Crippen LogP contribution in [0.1, 0.15) is 40.6 Å². The summed E-state index contributed by atoms with van der Waals surface area (Å²) < 4.78 is 14.0. The van der Waals surface area contributed by atoms with Gasteiger partial charge >= 0.3 is 0 Å². The van der Waals surface area contributed by atoms with Gasteiger partial charge in [-0.05, 0) is 35.1 Å². The average Bonchev–Trinajstić information content (AvgIpc) is 3.06. The zero-order chi connectivity index (χ0) is 19.8. The largest absolute Gasteiger partial charge is 0.355 e. The number of anilines is 1. The molecule has 0 unspecified atom stereocenters. The summed E-state index contributed by atoms with van der Waals surface area (Å²) in [7, 11) is 1.46. The standard InChI is InChI=1S/C19H21ClFN3O2S/c1-10(2)11-4-5-27-16(11)19(8-23-9-19)18(26)24-15-7-14(21)13(20)6-12(15)17(25)22-3/h4-7,10,23H,8-9H2,1-3H3,(H,22,25)(H,24,26). The highest BCUT2D eigenvalue weighted by atomic mass is 35.5. The van der Waals surface area contributed by atoms with E-state index in [2.05, 4.69) is 29.8 Å². The highest BCUT2D eigenvalue weighted by Gasteiger charge is 2.48. The summed E-state index contributed by atoms with van der Waals surface area (Å²) in [6.07, 6.45) is 0. The van der Waals surface area contributed by atoms with Gasteiger partial charge in [-0.1, -0.05) is 25.4 Å². The number of rotatable bonds is 5. The third-order valence-electron chi connectivity index (χ3n) is 4.82. The molecule has 0 spiro atoms. The minimum absolute atomic E-state index is 0.107. The van der Waals surface area contributed by atoms with Gasteiger partial charge in [-0.15, -0.1) is 11.3 Å². The van der Waals surface area contributed by atoms with E-state index in [0.717, 1.165) is 16.5 Å². The number of amides is 2. The molecule has 8 heteroatoms. The SMILES string of the molecule is CNC(=O)c1cc(Cl)c(F)cc1NC(=O)C1(c2sccc2C(C)C)CNC1. The second kappa shape index (κ2) is 7.58. The Morgan fingerprint density at radius 2 is 2.04 bits per heavy atom. The highest BCUT2D eigenvalue weighted by molar-refractivity contribution is 7.10. The van der Waals surface area contributed by atoms with Crippen molar-refractivity contribution in [2.45, 2.75) is 25.2 Å². The second-order valence-corrected chi connectivity index (χ2v) is 8.21. The van der Waals surface area contributed by atoms with Crippen LogP contribution in [0.5, 0.6) is 0 Å². The third kappa shape index (κ3) is 3.47. The van der Waals surface area contributed by atoms with Crippen molar-refractivity contribution in [2.75, 3.05) is 25.5 Å². The number of thiophene rings is 1. The molecule has 1 aromatic carbocycles. The van der Waals surface area contributed by atoms with Crippen LogP contribution < -0.4 is 16.0 Å². The summed E-state index contributed by atoms with van der Waals surface area (Å²) in [5.74, 6) is -1.13. The molecule has 3 N–H and O–H groups in total. The molecule has 144 valence electrons. The second-order valence-electron chi connectivity index (χ2n) is 6.89. The first-order valence-corrected chi connectivity index (χ1v) is 9.87. The summed E-state index contributed by atoms with van der Waals surface area (Å²) in [6.45, 7) is 5.15. The Labute approximate surface area is 166 Å². The molecular weight excluding hydrogens is 389 g/mol. The minimum atomic E-state index is -0.732. The molecule has 0 atom stereocenters. The van der Waals surface area contributed by atoms with Crippen molar-refractivity contribution < 1.29 is 14.0 Å². The van der Waals surface area contributed by atoms with Crippen molar-refractivity contribution in [2.24, 2.45) is 0 Å². The summed E-state index contributed by atoms with van der Waals surface area (Å²) in [5.41, 5.74) is 0.625. The van der Waals surface area contributed by atoms with Crippen LogP contribution in [0.2, 0.25) is 5.02 Å². The summed E-state index contributed by atoms with van der Waals surface area (Å²) in [6, 6.07) is 4.35. The third-order valence-corrected chi connectivity index (χ3v) is 6.24. The van der Waals surface area contributed by atoms with Crippen LogP contribution in [0.4, 0.5) is 10.1 Å². The summed E-state index contributed by atoms with van der Waals surface area (Å²) in [4.78, 5) is 26.4. The zero-order valence-electron chi connectivity index (χ0n) is 15.3. The van der Waals surface area contributed by atoms with Gasteiger partial charge in [-0.2, -0.15) is 0 Å². The maximum atomic E-state index is 14.0. The number of hydrogen-bond donors (Lipinski definition) is 3. The van der Waals surface area contributed by atoms with E-state index in [-0.39, 0.29) is 28.1 Å². The van der Waals surface area contributed by atoms with Crippen LogP contribution in [0.15, 0.2) is 23.6 Å². The average molecular weight is 410 g/mol. The van der Waals surface area contributed by atoms with E-state index < -0.39 is 17.1 Å². The lowest BCUT2D eigenvalue weighted by atomic mass is 9.76. The molecule has 0 aliphatic carbocycles. The van der Waals surface area contributed by atoms with Gasteiger partial charge in [-0.3, -0.25) is 9.59 Å². The topological polar surface area (TPSA) is 70.2 Å². The Morgan fingerprint density at radius 1 is 1.33 bits per heavy atom. The van der Waals surface area contributed by atoms with Crippen LogP contribution in [0, 0.1) is 5.82 Å². The summed E-state index contributed by atoms with van der Waals surface area (Å²) in [5, 5.41) is 10.2. The van der Waals surface area contributed by atoms with Gasteiger partial charge in [-0.25, -0.2) is 4.39 Å². The monoisotopic (exact) mass is 409 g/mol. The molecular formula is C19H21ClFN3O2S. The molecule has 0 saturated carbocycles. The Kier molecular flexibility index (Phi) is 5.55. The fraction of sp³-hybridized carbons (Fsp3) is 0.368. The van der Waals surface area contributed by atoms with Crippen LogP contribution in [0.3, 0.4) is 0 Å². The van der Waals surface area contributed by atoms with Crippen LogP contribution in [-0.4, -0.2) is 32.0 Å². The van der Waals surface area contributed by atoms with Crippen molar-refractivity contribution in [1.29, 1.82) is 0 Å². The van der Waals surface area contributed by atoms with Crippen molar-refractivity contribution in [3.8, 4) is 0 Å². The van der Waals surface area contributed by atoms with Crippen molar-refractivity contribution in [3.63, 3.8) is 0 Å². The van der Waals surface area contributed by atoms with Gasteiger partial charge in [0.15, 0.2) is 0 Å². The van der Waals surface area contributed by atoms with E-state index in [0.29, 0.717) is 13.1 Å². The Morgan fingerprint density at radius 3 is 2.59 bits per heavy atom. The van der Waals surface area contributed by atoms with Crippen LogP contribution >= 0.6 is 22.9 Å². The molecule has 0 radical (unpaired) electrons. The van der Waals surface area contributed by atoms with E-state index in [1.54, 1.807) is 11.3 Å². The maximum Gasteiger partial charge on any atom is 0.253 e. The molecule has 2 aromatic rings. The number of halogens is 2. The first-order chi connectivity index (χ1) is 12.8. The summed E-state index contributed by atoms with van der Waals surface area (Å²) >= 11 is 7.36. The molecule has 1 aliphatic rings. The number of carbonyl (C=O) groups is 2. The molecule has 1 saturated heterocycles. The predicted octanol–water partition coefficient (Wildman–Crippen LogP) is 3.50. The van der Waals surface area contributed by atoms with Gasteiger partial charge in [0.2, 0.25) is 5.91 Å². The minimum Gasteiger partial charge on any atom is -0.355 e. The van der Waals surface area contributed by atoms with Gasteiger partial charge in [0.25, 0.3) is 5.91 Å². The molecule has 2 heterocycles. The van der Waals surface area contributed by atoms with E-state index >= 15 is 0 Å². The van der Waals surface area contributed by atoms with Gasteiger partial charge in [0, 0.05) is 25.0 Å². The van der Waals surface area contributed by atoms with E-state index in [9.17, 15) is 14.0 Å². The van der Waals surface area contributed by atoms with Crippen molar-refractivity contribution in [1.82, 2.24) is 10.6 Å². The Hall–Kier alpha value is -1.96. The first kappa shape index (κ1) is 19.8. The smallest absolute Gasteiger partial charge is 0.253 e. The normalized spacial score (nSPS) is 15.3. The molecule has 1 aromatic heterocycles. The predicted molar refractivity (Wildman–Crippen MR) is 106 cm³/mol. The van der Waals surface area contributed by atoms with Crippen LogP contribution in [-0.2, 0) is 10.2 Å². The molecule has 0 bridgehead atoms. The molecule has 3 rings (SSSR count). The maximum absolute atomic E-state index is 14.0. The molecule has 5 nitrogen and oxygen atoms in total. The lowest BCUT2D eigenvalue weighted by Gasteiger charge is -2.41. The Balaban J connectivity index is 1.98. The van der Waals surface area contributed by atoms with Crippen LogP contribution in [0.25, 0.3) is 0 Å². The number of benzene rings is 1. The van der Waals surface area contributed by atoms with Gasteiger partial charge < -0.3 is 16.0 Å². The fourth-order valence-corrected chi connectivity index (χ4v) is 4.59. The lowest BCUT2D eigenvalue weighted by molar-refractivity contribution is -0.123. The quantitative estimate of drug-likeness (QED) is 0.707. The first-order valence-electron chi connectivity index (χ1n) is 8.61. The van der Waals surface area contributed by atoms with E-state index in [1.807, 2.05) is 11.4 Å². The highest BCUT2D eigenvalue weighted by Crippen LogP contribution is 2.39. The van der Waals surface area contributed by atoms with Gasteiger partial charge in [0.1, 0.15) is 11.2 Å². The molecule has 2 amide bonds. The zero-order valence-corrected chi connectivity index (χ0v) is 16.9. The molecule has 27 heavy (non-hydrogen) atoms. The molecule has 1 fully saturated rings. The van der Waals surface area contributed by atoms with E-state index in [4.69, 9.17) is 11.6 Å². The number of hydrogen-bond acceptors (Lipinski definition) is 4. The molecule has 1 aliphatic heterocycles. The van der Waals surface area contributed by atoms with Gasteiger partial charge in [0.05, 0.1) is 16.3 Å². The number of carbonyl (C=O) groups excluding carboxylic acids is 2. The van der Waals surface area contributed by atoms with Crippen molar-refractivity contribution >= 4 is 40.4 Å². The fourth-order valence-electron chi connectivity index (χ4n) is 3.18. The Bertz CT molecular complexity index is 893.